The first kappa shape index (κ1) is 11.1. The molecule has 16 heavy (non-hydrogen) atoms. The molecule has 0 radical (unpaired) electrons. The predicted octanol–water partition coefficient (Wildman–Crippen LogP) is 0.288. The van der Waals surface area contributed by atoms with E-state index in [-0.39, 0.29) is 24.3 Å². The lowest BCUT2D eigenvalue weighted by Gasteiger charge is -2.14. The molecule has 6 nitrogen and oxygen atoms in total. The first-order valence-electron chi connectivity index (χ1n) is 5.45. The number of carbonyl (C=O) groups is 1. The van der Waals surface area contributed by atoms with Crippen molar-refractivity contribution in [3.8, 4) is 0 Å². The van der Waals surface area contributed by atoms with E-state index in [4.69, 9.17) is 9.63 Å². The Morgan fingerprint density at radius 2 is 2.50 bits per heavy atom. The summed E-state index contributed by atoms with van der Waals surface area (Å²) in [7, 11) is 0. The van der Waals surface area contributed by atoms with Crippen LogP contribution in [0.15, 0.2) is 4.52 Å². The van der Waals surface area contributed by atoms with E-state index in [1.165, 1.54) is 0 Å². The van der Waals surface area contributed by atoms with Gasteiger partial charge in [0.2, 0.25) is 5.91 Å². The standard InChI is InChI=1S/C10H15N3O3/c1-2-9(15)13-4-3-7(5-13)10-11-8(6-14)16-12-10/h7,14H,2-6H2,1H3. The van der Waals surface area contributed by atoms with Crippen LogP contribution in [-0.2, 0) is 11.4 Å². The summed E-state index contributed by atoms with van der Waals surface area (Å²) in [4.78, 5) is 17.4. The van der Waals surface area contributed by atoms with E-state index in [2.05, 4.69) is 10.1 Å². The van der Waals surface area contributed by atoms with Crippen molar-refractivity contribution in [3.63, 3.8) is 0 Å². The van der Waals surface area contributed by atoms with Crippen molar-refractivity contribution in [2.45, 2.75) is 32.3 Å². The number of carbonyl (C=O) groups excluding carboxylic acids is 1. The fourth-order valence-corrected chi connectivity index (χ4v) is 1.92. The smallest absolute Gasteiger partial charge is 0.252 e. The fraction of sp³-hybridized carbons (Fsp3) is 0.700. The molecule has 88 valence electrons. The highest BCUT2D eigenvalue weighted by Crippen LogP contribution is 2.25. The number of rotatable bonds is 3. The Morgan fingerprint density at radius 1 is 1.69 bits per heavy atom. The lowest BCUT2D eigenvalue weighted by molar-refractivity contribution is -0.129. The first-order valence-corrected chi connectivity index (χ1v) is 5.45. The van der Waals surface area contributed by atoms with E-state index >= 15 is 0 Å². The summed E-state index contributed by atoms with van der Waals surface area (Å²) in [5, 5.41) is 12.6. The van der Waals surface area contributed by atoms with Crippen LogP contribution in [0.4, 0.5) is 0 Å². The molecule has 1 fully saturated rings. The summed E-state index contributed by atoms with van der Waals surface area (Å²) < 4.78 is 4.83. The number of hydrogen-bond donors (Lipinski definition) is 1. The largest absolute Gasteiger partial charge is 0.387 e. The maximum absolute atomic E-state index is 11.5. The second-order valence-electron chi connectivity index (χ2n) is 3.88. The summed E-state index contributed by atoms with van der Waals surface area (Å²) in [6.45, 7) is 3.02. The normalized spacial score (nSPS) is 20.4. The van der Waals surface area contributed by atoms with Gasteiger partial charge in [-0.1, -0.05) is 12.1 Å². The van der Waals surface area contributed by atoms with Crippen molar-refractivity contribution in [1.82, 2.24) is 15.0 Å². The minimum atomic E-state index is -0.239. The number of amides is 1. The molecular weight excluding hydrogens is 210 g/mol. The van der Waals surface area contributed by atoms with E-state index in [1.54, 1.807) is 0 Å². The Balaban J connectivity index is 2.00. The molecule has 0 bridgehead atoms. The average molecular weight is 225 g/mol. The molecule has 1 atom stereocenters. The third-order valence-corrected chi connectivity index (χ3v) is 2.83. The molecule has 1 amide bonds. The van der Waals surface area contributed by atoms with Gasteiger partial charge in [-0.2, -0.15) is 4.98 Å². The second-order valence-corrected chi connectivity index (χ2v) is 3.88. The summed E-state index contributed by atoms with van der Waals surface area (Å²) >= 11 is 0. The number of nitrogens with zero attached hydrogens (tertiary/aromatic N) is 3. The van der Waals surface area contributed by atoms with Crippen molar-refractivity contribution >= 4 is 5.91 Å². The molecule has 0 spiro atoms. The lowest BCUT2D eigenvalue weighted by atomic mass is 10.1. The third-order valence-electron chi connectivity index (χ3n) is 2.83. The highest BCUT2D eigenvalue weighted by Gasteiger charge is 2.29. The summed E-state index contributed by atoms with van der Waals surface area (Å²) in [5.74, 6) is 1.12. The number of hydrogen-bond acceptors (Lipinski definition) is 5. The topological polar surface area (TPSA) is 79.5 Å². The molecule has 2 rings (SSSR count). The zero-order valence-corrected chi connectivity index (χ0v) is 9.22. The van der Waals surface area contributed by atoms with E-state index in [0.29, 0.717) is 18.8 Å². The monoisotopic (exact) mass is 225 g/mol. The number of aliphatic hydroxyl groups excluding tert-OH is 1. The number of aromatic nitrogens is 2. The van der Waals surface area contributed by atoms with Gasteiger partial charge in [-0.25, -0.2) is 0 Å². The van der Waals surface area contributed by atoms with Crippen molar-refractivity contribution < 1.29 is 14.4 Å². The molecule has 6 heteroatoms. The summed E-state index contributed by atoms with van der Waals surface area (Å²) in [5.41, 5.74) is 0. The Hall–Kier alpha value is -1.43. The van der Waals surface area contributed by atoms with Gasteiger partial charge >= 0.3 is 0 Å². The Kier molecular flexibility index (Phi) is 3.19. The van der Waals surface area contributed by atoms with Crippen molar-refractivity contribution in [2.24, 2.45) is 0 Å². The van der Waals surface area contributed by atoms with Gasteiger partial charge in [0.05, 0.1) is 0 Å². The molecule has 1 aliphatic heterocycles. The maximum Gasteiger partial charge on any atom is 0.252 e. The molecule has 1 saturated heterocycles. The zero-order chi connectivity index (χ0) is 11.5. The van der Waals surface area contributed by atoms with Crippen LogP contribution in [0, 0.1) is 0 Å². The second kappa shape index (κ2) is 4.61. The first-order chi connectivity index (χ1) is 7.74. The van der Waals surface area contributed by atoms with Crippen molar-refractivity contribution in [2.75, 3.05) is 13.1 Å². The van der Waals surface area contributed by atoms with Crippen LogP contribution in [0.25, 0.3) is 0 Å². The van der Waals surface area contributed by atoms with E-state index in [9.17, 15) is 4.79 Å². The van der Waals surface area contributed by atoms with Gasteiger partial charge in [-0.05, 0) is 6.42 Å². The van der Waals surface area contributed by atoms with Crippen LogP contribution >= 0.6 is 0 Å². The molecule has 1 aliphatic rings. The highest BCUT2D eigenvalue weighted by molar-refractivity contribution is 5.76. The van der Waals surface area contributed by atoms with Crippen LogP contribution in [0.5, 0.6) is 0 Å². The van der Waals surface area contributed by atoms with Crippen LogP contribution < -0.4 is 0 Å². The van der Waals surface area contributed by atoms with Gasteiger partial charge in [0.15, 0.2) is 5.82 Å². The molecule has 1 aromatic rings. The molecule has 0 saturated carbocycles. The Morgan fingerprint density at radius 3 is 3.12 bits per heavy atom. The Labute approximate surface area is 93.2 Å². The molecule has 1 N–H and O–H groups in total. The fourth-order valence-electron chi connectivity index (χ4n) is 1.92. The highest BCUT2D eigenvalue weighted by atomic mass is 16.5. The minimum Gasteiger partial charge on any atom is -0.387 e. The zero-order valence-electron chi connectivity index (χ0n) is 9.22. The maximum atomic E-state index is 11.5. The molecule has 1 unspecified atom stereocenters. The van der Waals surface area contributed by atoms with Crippen molar-refractivity contribution in [3.05, 3.63) is 11.7 Å². The predicted molar refractivity (Wildman–Crippen MR) is 54.4 cm³/mol. The summed E-state index contributed by atoms with van der Waals surface area (Å²) in [6.07, 6.45) is 1.39. The van der Waals surface area contributed by atoms with Gasteiger partial charge < -0.3 is 14.5 Å². The number of likely N-dealkylation sites (tertiary alicyclic amines) is 1. The SMILES string of the molecule is CCC(=O)N1CCC(c2noc(CO)n2)C1. The minimum absolute atomic E-state index is 0.138. The van der Waals surface area contributed by atoms with Gasteiger partial charge in [0.25, 0.3) is 5.89 Å². The Bertz CT molecular complexity index is 377. The summed E-state index contributed by atoms with van der Waals surface area (Å²) in [6, 6.07) is 0. The van der Waals surface area contributed by atoms with Crippen LogP contribution in [0.3, 0.4) is 0 Å². The quantitative estimate of drug-likeness (QED) is 0.799. The third kappa shape index (κ3) is 2.06. The van der Waals surface area contributed by atoms with Crippen molar-refractivity contribution in [1.29, 1.82) is 0 Å². The molecule has 1 aromatic heterocycles. The average Bonchev–Trinajstić information content (AvgIpc) is 2.95. The lowest BCUT2D eigenvalue weighted by Crippen LogP contribution is -2.27. The van der Waals surface area contributed by atoms with E-state index < -0.39 is 0 Å². The molecule has 2 heterocycles. The molecule has 0 aliphatic carbocycles. The van der Waals surface area contributed by atoms with Crippen LogP contribution in [-0.4, -0.2) is 39.1 Å². The van der Waals surface area contributed by atoms with Crippen LogP contribution in [0.1, 0.15) is 37.4 Å². The van der Waals surface area contributed by atoms with Gasteiger partial charge in [-0.15, -0.1) is 0 Å². The van der Waals surface area contributed by atoms with Gasteiger partial charge in [-0.3, -0.25) is 4.79 Å². The van der Waals surface area contributed by atoms with Crippen LogP contribution in [0.2, 0.25) is 0 Å². The van der Waals surface area contributed by atoms with Gasteiger partial charge in [0.1, 0.15) is 6.61 Å². The molecule has 0 aromatic carbocycles. The number of aliphatic hydroxyl groups is 1. The van der Waals surface area contributed by atoms with Gasteiger partial charge in [0, 0.05) is 25.4 Å². The van der Waals surface area contributed by atoms with E-state index in [0.717, 1.165) is 13.0 Å². The molecular formula is C10H15N3O3. The van der Waals surface area contributed by atoms with E-state index in [1.807, 2.05) is 11.8 Å².